The smallest absolute Gasteiger partial charge is 0.332 e. The third kappa shape index (κ3) is 4.08. The van der Waals surface area contributed by atoms with Crippen LogP contribution in [0.1, 0.15) is 19.8 Å². The van der Waals surface area contributed by atoms with Gasteiger partial charge in [0.1, 0.15) is 6.04 Å². The fraction of sp³-hybridized carbons (Fsp3) is 0.385. The van der Waals surface area contributed by atoms with Gasteiger partial charge in [0, 0.05) is 11.8 Å². The van der Waals surface area contributed by atoms with E-state index in [1.165, 1.54) is 13.2 Å². The van der Waals surface area contributed by atoms with Gasteiger partial charge in [-0.1, -0.05) is 18.2 Å². The second kappa shape index (κ2) is 6.64. The molecular formula is C13H17NO4. The van der Waals surface area contributed by atoms with Crippen LogP contribution < -0.4 is 5.32 Å². The molecule has 0 radical (unpaired) electrons. The number of hydrogen-bond acceptors (Lipinski definition) is 4. The number of ether oxygens (including phenoxy) is 1. The van der Waals surface area contributed by atoms with Gasteiger partial charge in [0.2, 0.25) is 0 Å². The van der Waals surface area contributed by atoms with Crippen LogP contribution >= 0.6 is 0 Å². The first kappa shape index (κ1) is 14.0. The maximum absolute atomic E-state index is 11.2. The molecule has 0 bridgehead atoms. The van der Waals surface area contributed by atoms with Crippen molar-refractivity contribution in [2.45, 2.75) is 25.8 Å². The molecule has 98 valence electrons. The molecule has 2 N–H and O–H groups in total. The topological polar surface area (TPSA) is 75.6 Å². The lowest BCUT2D eigenvalue weighted by Gasteiger charge is -2.20. The summed E-state index contributed by atoms with van der Waals surface area (Å²) in [5.74, 6) is -1.48. The maximum Gasteiger partial charge on any atom is 0.332 e. The molecule has 1 rings (SSSR count). The number of carbonyl (C=O) groups excluding carboxylic acids is 1. The summed E-state index contributed by atoms with van der Waals surface area (Å²) in [5.41, 5.74) is 1.26. The third-order valence-electron chi connectivity index (χ3n) is 2.56. The van der Waals surface area contributed by atoms with Crippen LogP contribution in [0.5, 0.6) is 0 Å². The maximum atomic E-state index is 11.2. The molecule has 0 saturated heterocycles. The van der Waals surface area contributed by atoms with E-state index in [2.05, 4.69) is 10.1 Å². The fourth-order valence-electron chi connectivity index (χ4n) is 1.67. The van der Waals surface area contributed by atoms with E-state index < -0.39 is 18.0 Å². The zero-order valence-electron chi connectivity index (χ0n) is 10.5. The number of allylic oxidation sites excluding steroid dienone is 4. The summed E-state index contributed by atoms with van der Waals surface area (Å²) in [5, 5.41) is 12.0. The molecule has 1 aliphatic rings. The van der Waals surface area contributed by atoms with E-state index in [4.69, 9.17) is 0 Å². The van der Waals surface area contributed by atoms with E-state index in [0.717, 1.165) is 12.0 Å². The number of rotatable bonds is 5. The van der Waals surface area contributed by atoms with E-state index in [9.17, 15) is 14.7 Å². The van der Waals surface area contributed by atoms with Gasteiger partial charge in [0.05, 0.1) is 7.11 Å². The first-order valence-electron chi connectivity index (χ1n) is 5.64. The second-order valence-corrected chi connectivity index (χ2v) is 3.96. The Morgan fingerprint density at radius 1 is 1.50 bits per heavy atom. The van der Waals surface area contributed by atoms with Gasteiger partial charge >= 0.3 is 11.9 Å². The molecular weight excluding hydrogens is 234 g/mol. The zero-order chi connectivity index (χ0) is 13.5. The number of esters is 1. The highest BCUT2D eigenvalue weighted by Crippen LogP contribution is 2.16. The van der Waals surface area contributed by atoms with Crippen molar-refractivity contribution in [3.63, 3.8) is 0 Å². The average molecular weight is 251 g/mol. The lowest BCUT2D eigenvalue weighted by atomic mass is 9.98. The van der Waals surface area contributed by atoms with Crippen molar-refractivity contribution in [3.8, 4) is 0 Å². The molecule has 0 spiro atoms. The zero-order valence-corrected chi connectivity index (χ0v) is 10.5. The van der Waals surface area contributed by atoms with Crippen molar-refractivity contribution in [2.75, 3.05) is 7.11 Å². The molecule has 0 unspecified atom stereocenters. The Morgan fingerprint density at radius 2 is 2.22 bits per heavy atom. The summed E-state index contributed by atoms with van der Waals surface area (Å²) in [6.07, 6.45) is 8.38. The Bertz CT molecular complexity index is 421. The molecule has 0 amide bonds. The SMILES string of the molecule is COC(=O)/C=C(/C)N[C@@H](C(=O)O)C1=CCC=CC1. The highest BCUT2D eigenvalue weighted by molar-refractivity contribution is 5.83. The van der Waals surface area contributed by atoms with Crippen LogP contribution in [0.25, 0.3) is 0 Å². The van der Waals surface area contributed by atoms with Gasteiger partial charge in [0.25, 0.3) is 0 Å². The highest BCUT2D eigenvalue weighted by Gasteiger charge is 2.22. The quantitative estimate of drug-likeness (QED) is 0.438. The fourth-order valence-corrected chi connectivity index (χ4v) is 1.67. The second-order valence-electron chi connectivity index (χ2n) is 3.96. The number of carboxylic acid groups (broad SMARTS) is 1. The van der Waals surface area contributed by atoms with Crippen LogP contribution in [0.2, 0.25) is 0 Å². The summed E-state index contributed by atoms with van der Waals surface area (Å²) in [4.78, 5) is 22.3. The van der Waals surface area contributed by atoms with Crippen molar-refractivity contribution >= 4 is 11.9 Å². The molecule has 1 aliphatic carbocycles. The van der Waals surface area contributed by atoms with Gasteiger partial charge in [-0.3, -0.25) is 0 Å². The van der Waals surface area contributed by atoms with Crippen molar-refractivity contribution in [3.05, 3.63) is 35.6 Å². The van der Waals surface area contributed by atoms with E-state index in [1.807, 2.05) is 18.2 Å². The number of carboxylic acids is 1. The van der Waals surface area contributed by atoms with Crippen LogP contribution in [0.3, 0.4) is 0 Å². The Hall–Kier alpha value is -2.04. The molecule has 0 aromatic carbocycles. The molecule has 1 atom stereocenters. The predicted octanol–water partition coefficient (Wildman–Crippen LogP) is 1.38. The molecule has 18 heavy (non-hydrogen) atoms. The molecule has 0 saturated carbocycles. The first-order chi connectivity index (χ1) is 8.54. The highest BCUT2D eigenvalue weighted by atomic mass is 16.5. The van der Waals surface area contributed by atoms with Crippen molar-refractivity contribution < 1.29 is 19.4 Å². The van der Waals surface area contributed by atoms with E-state index in [0.29, 0.717) is 12.1 Å². The van der Waals surface area contributed by atoms with Crippen LogP contribution in [0.4, 0.5) is 0 Å². The average Bonchev–Trinajstić information content (AvgIpc) is 2.36. The van der Waals surface area contributed by atoms with Gasteiger partial charge in [-0.25, -0.2) is 9.59 Å². The molecule has 0 aliphatic heterocycles. The molecule has 5 heteroatoms. The van der Waals surface area contributed by atoms with Gasteiger partial charge in [-0.15, -0.1) is 0 Å². The van der Waals surface area contributed by atoms with Gasteiger partial charge < -0.3 is 15.2 Å². The van der Waals surface area contributed by atoms with Crippen molar-refractivity contribution in [1.29, 1.82) is 0 Å². The predicted molar refractivity (Wildman–Crippen MR) is 66.8 cm³/mol. The summed E-state index contributed by atoms with van der Waals surface area (Å²) in [6.45, 7) is 1.63. The first-order valence-corrected chi connectivity index (χ1v) is 5.64. The number of hydrogen-bond donors (Lipinski definition) is 2. The molecule has 0 aromatic heterocycles. The third-order valence-corrected chi connectivity index (χ3v) is 2.56. The summed E-state index contributed by atoms with van der Waals surface area (Å²) < 4.78 is 4.48. The Labute approximate surface area is 106 Å². The Balaban J connectivity index is 2.75. The monoisotopic (exact) mass is 251 g/mol. The molecule has 0 fully saturated rings. The summed E-state index contributed by atoms with van der Waals surface area (Å²) in [7, 11) is 1.27. The van der Waals surface area contributed by atoms with E-state index in [-0.39, 0.29) is 0 Å². The number of aliphatic carboxylic acids is 1. The van der Waals surface area contributed by atoms with Crippen LogP contribution in [0, 0.1) is 0 Å². The standard InChI is InChI=1S/C13H17NO4/c1-9(8-11(15)18-2)14-12(13(16)17)10-6-4-3-5-7-10/h3-4,7-8,12,14H,5-6H2,1-2H3,(H,16,17)/b9-8-/t12-/m1/s1. The molecule has 0 heterocycles. The lowest BCUT2D eigenvalue weighted by Crippen LogP contribution is -2.37. The minimum atomic E-state index is -0.964. The normalized spacial score (nSPS) is 16.8. The van der Waals surface area contributed by atoms with E-state index in [1.54, 1.807) is 6.92 Å². The van der Waals surface area contributed by atoms with Crippen LogP contribution in [-0.2, 0) is 14.3 Å². The van der Waals surface area contributed by atoms with Crippen LogP contribution in [0.15, 0.2) is 35.6 Å². The minimum Gasteiger partial charge on any atom is -0.479 e. The van der Waals surface area contributed by atoms with Gasteiger partial charge in [-0.2, -0.15) is 0 Å². The summed E-state index contributed by atoms with van der Waals surface area (Å²) >= 11 is 0. The lowest BCUT2D eigenvalue weighted by molar-refractivity contribution is -0.138. The molecule has 5 nitrogen and oxygen atoms in total. The molecule has 0 aromatic rings. The largest absolute Gasteiger partial charge is 0.479 e. The number of carbonyl (C=O) groups is 2. The van der Waals surface area contributed by atoms with Crippen LogP contribution in [-0.4, -0.2) is 30.2 Å². The number of nitrogens with one attached hydrogen (secondary N) is 1. The van der Waals surface area contributed by atoms with Crippen molar-refractivity contribution in [2.24, 2.45) is 0 Å². The van der Waals surface area contributed by atoms with Gasteiger partial charge in [0.15, 0.2) is 0 Å². The Morgan fingerprint density at radius 3 is 2.72 bits per heavy atom. The Kier molecular flexibility index (Phi) is 5.17. The minimum absolute atomic E-state index is 0.463. The van der Waals surface area contributed by atoms with E-state index >= 15 is 0 Å². The summed E-state index contributed by atoms with van der Waals surface area (Å²) in [6, 6.07) is -0.809. The number of methoxy groups -OCH3 is 1. The van der Waals surface area contributed by atoms with Crippen molar-refractivity contribution in [1.82, 2.24) is 5.32 Å². The van der Waals surface area contributed by atoms with Gasteiger partial charge in [-0.05, 0) is 25.3 Å².